The third kappa shape index (κ3) is 9.64. The average molecular weight is 1010 g/mol. The van der Waals surface area contributed by atoms with Crippen LogP contribution in [-0.4, -0.2) is 56.5 Å². The molecule has 0 saturated carbocycles. The number of allylic oxidation sites excluding steroid dienone is 4. The number of rotatable bonds is 10. The van der Waals surface area contributed by atoms with Crippen molar-refractivity contribution in [3.8, 4) is 0 Å². The van der Waals surface area contributed by atoms with E-state index >= 15 is 0 Å². The maximum Gasteiger partial charge on any atom is -1.00 e. The molecule has 0 aromatic heterocycles. The third-order valence-electron chi connectivity index (χ3n) is 13.8. The Balaban J connectivity index is 0.00000580. The Morgan fingerprint density at radius 1 is 0.356 bits per heavy atom. The Kier molecular flexibility index (Phi) is 17.7. The molecule has 3 aromatic rings. The minimum atomic E-state index is -3.09. The third-order valence-corrected chi connectivity index (χ3v) is 35.0. The summed E-state index contributed by atoms with van der Waals surface area (Å²) in [5, 5.41) is 15.4. The van der Waals surface area contributed by atoms with Crippen LogP contribution >= 0.6 is 0 Å². The molecule has 1 aliphatic rings. The smallest absolute Gasteiger partial charge is 1.00 e. The van der Waals surface area contributed by atoms with Crippen molar-refractivity contribution in [1.29, 1.82) is 0 Å². The van der Waals surface area contributed by atoms with Gasteiger partial charge in [-0.25, -0.2) is 0 Å². The van der Waals surface area contributed by atoms with Gasteiger partial charge < -0.3 is 37.2 Å². The maximum absolute atomic E-state index is 3.09. The number of hydrogen-bond donors (Lipinski definition) is 0. The minimum Gasteiger partial charge on any atom is -1.00 e. The predicted molar refractivity (Wildman–Crippen MR) is 276 cm³/mol. The topological polar surface area (TPSA) is 0 Å². The van der Waals surface area contributed by atoms with Crippen molar-refractivity contribution in [1.82, 2.24) is 0 Å². The summed E-state index contributed by atoms with van der Waals surface area (Å²) in [6, 6.07) is 16.4. The van der Waals surface area contributed by atoms with E-state index in [1.54, 1.807) is 72.8 Å². The van der Waals surface area contributed by atoms with Crippen LogP contribution in [0.25, 0.3) is 0 Å². The average Bonchev–Trinajstić information content (AvgIpc) is 3.13. The molecule has 0 radical (unpaired) electrons. The SMILES string of the molecule is CC1=C(C)C(C)([Si](c2ccc([Si](C)(C)C)c(C)c2[Si](C)(C)C)(c2ccc([Si](C)(C)C)c(C)c2[Si](C)(C)C)c2ccc([Si](C)(C)C)c(C)c2[Si](C)(C)C)[C]([Ti+3])=C1C.[Cl-].[Cl-].[Cl-]. The van der Waals surface area contributed by atoms with E-state index in [4.69, 9.17) is 0 Å². The Labute approximate surface area is 402 Å². The summed E-state index contributed by atoms with van der Waals surface area (Å²) in [4.78, 5) is 0. The van der Waals surface area contributed by atoms with E-state index in [0.29, 0.717) is 0 Å². The summed E-state index contributed by atoms with van der Waals surface area (Å²) in [5.74, 6) is 0. The van der Waals surface area contributed by atoms with Gasteiger partial charge in [0, 0.05) is 0 Å². The van der Waals surface area contributed by atoms with Gasteiger partial charge in [-0.1, -0.05) is 0 Å². The Bertz CT molecular complexity index is 1920. The molecule has 4 rings (SSSR count). The second-order valence-electron chi connectivity index (χ2n) is 24.1. The van der Waals surface area contributed by atoms with E-state index < -0.39 is 56.5 Å². The standard InChI is InChI=1S/C48H81Si7.3ClH.Ti/c1-33-32-48(7,38(6)34(33)2)55(42-29-26-39(49(8,9)10)35(3)45(42)52(17,18)19,43-30-27-40(50(11,12)13)36(4)46(43)53(20,21)22)44-31-28-41(51(14,15)16)37(5)47(44)54(23,24)25;;;;/h26-31H,1-25H3;3*1H;/q;;;;+3/p-3. The molecule has 0 amide bonds. The van der Waals surface area contributed by atoms with Gasteiger partial charge >= 0.3 is 369 Å². The molecule has 1 aliphatic carbocycles. The molecular weight excluding hydrogens is 927 g/mol. The van der Waals surface area contributed by atoms with Gasteiger partial charge in [-0.3, -0.25) is 0 Å². The van der Waals surface area contributed by atoms with Gasteiger partial charge in [0.1, 0.15) is 0 Å². The molecule has 0 spiro atoms. The van der Waals surface area contributed by atoms with E-state index in [1.165, 1.54) is 11.1 Å². The van der Waals surface area contributed by atoms with Gasteiger partial charge in [-0.15, -0.1) is 0 Å². The molecule has 0 fully saturated rings. The first-order valence-corrected chi connectivity index (χ1v) is 45.3. The van der Waals surface area contributed by atoms with Crippen LogP contribution in [-0.2, 0) is 20.4 Å². The second-order valence-corrected chi connectivity index (χ2v) is 59.1. The van der Waals surface area contributed by atoms with Crippen molar-refractivity contribution in [3.63, 3.8) is 0 Å². The summed E-state index contributed by atoms with van der Waals surface area (Å²) in [5.41, 5.74) is 9.57. The second kappa shape index (κ2) is 18.3. The monoisotopic (exact) mass is 1010 g/mol. The van der Waals surface area contributed by atoms with Crippen molar-refractivity contribution in [3.05, 3.63) is 73.7 Å². The van der Waals surface area contributed by atoms with Crippen molar-refractivity contribution >= 4 is 103 Å². The number of halogens is 3. The number of hydrogen-bond acceptors (Lipinski definition) is 0. The van der Waals surface area contributed by atoms with Crippen LogP contribution in [0.15, 0.2) is 57.0 Å². The molecule has 1 unspecified atom stereocenters. The Morgan fingerprint density at radius 3 is 0.746 bits per heavy atom. The van der Waals surface area contributed by atoms with E-state index in [2.05, 4.69) is 223 Å². The van der Waals surface area contributed by atoms with Crippen LogP contribution in [0, 0.1) is 20.8 Å². The quantitative estimate of drug-likeness (QED) is 0.203. The molecular formula is C48H81Cl3Si7Ti. The molecule has 0 N–H and O–H groups in total. The van der Waals surface area contributed by atoms with Crippen LogP contribution < -0.4 is 83.9 Å². The van der Waals surface area contributed by atoms with E-state index in [1.807, 2.05) is 0 Å². The summed E-state index contributed by atoms with van der Waals surface area (Å²) >= 11 is 2.56. The van der Waals surface area contributed by atoms with E-state index in [-0.39, 0.29) is 42.3 Å². The molecule has 0 nitrogen and oxygen atoms in total. The summed E-state index contributed by atoms with van der Waals surface area (Å²) in [6.07, 6.45) is 0. The zero-order valence-corrected chi connectivity index (χ0v) is 52.9. The van der Waals surface area contributed by atoms with Gasteiger partial charge in [0.15, 0.2) is 0 Å². The molecule has 0 heterocycles. The van der Waals surface area contributed by atoms with Gasteiger partial charge in [0.25, 0.3) is 0 Å². The molecule has 59 heavy (non-hydrogen) atoms. The zero-order chi connectivity index (χ0) is 43.5. The van der Waals surface area contributed by atoms with Gasteiger partial charge in [-0.05, 0) is 0 Å². The van der Waals surface area contributed by atoms with Crippen molar-refractivity contribution < 1.29 is 57.7 Å². The normalized spacial score (nSPS) is 17.2. The fraction of sp³-hybridized carbons (Fsp3) is 0.542. The van der Waals surface area contributed by atoms with Crippen LogP contribution in [0.1, 0.15) is 44.4 Å². The van der Waals surface area contributed by atoms with Crippen LogP contribution in [0.4, 0.5) is 0 Å². The molecule has 0 saturated heterocycles. The molecule has 0 aliphatic heterocycles. The number of benzene rings is 3. The fourth-order valence-corrected chi connectivity index (χ4v) is 36.9. The maximum atomic E-state index is 2.79. The molecule has 11 heteroatoms. The van der Waals surface area contributed by atoms with Crippen LogP contribution in [0.5, 0.6) is 0 Å². The van der Waals surface area contributed by atoms with E-state index in [0.717, 1.165) is 0 Å². The first kappa shape index (κ1) is 57.3. The van der Waals surface area contributed by atoms with Gasteiger partial charge in [-0.2, -0.15) is 0 Å². The summed E-state index contributed by atoms with van der Waals surface area (Å²) in [6.45, 7) is 65.1. The zero-order valence-electron chi connectivity index (χ0n) is 42.1. The molecule has 0 bridgehead atoms. The fourth-order valence-electron chi connectivity index (χ4n) is 11.5. The first-order valence-electron chi connectivity index (χ1n) is 21.5. The summed E-state index contributed by atoms with van der Waals surface area (Å²) in [7, 11) is -13.9. The van der Waals surface area contributed by atoms with Crippen molar-refractivity contribution in [2.45, 2.75) is 171 Å². The molecule has 326 valence electrons. The summed E-state index contributed by atoms with van der Waals surface area (Å²) < 4.78 is 1.62. The minimum absolute atomic E-state index is 0. The largest absolute Gasteiger partial charge is 1.00 e. The Morgan fingerprint density at radius 2 is 0.576 bits per heavy atom. The Hall–Kier alpha value is 0.242. The first-order chi connectivity index (χ1) is 24.9. The van der Waals surface area contributed by atoms with Gasteiger partial charge in [0.2, 0.25) is 0 Å². The van der Waals surface area contributed by atoms with E-state index in [9.17, 15) is 0 Å². The van der Waals surface area contributed by atoms with Crippen molar-refractivity contribution in [2.75, 3.05) is 0 Å². The molecule has 1 atom stereocenters. The van der Waals surface area contributed by atoms with Gasteiger partial charge in [0.05, 0.1) is 0 Å². The predicted octanol–water partition coefficient (Wildman–Crippen LogP) is 0.296. The van der Waals surface area contributed by atoms with Crippen LogP contribution in [0.3, 0.4) is 0 Å². The van der Waals surface area contributed by atoms with Crippen molar-refractivity contribution in [2.24, 2.45) is 0 Å². The van der Waals surface area contributed by atoms with Crippen LogP contribution in [0.2, 0.25) is 123 Å². The molecule has 3 aromatic carbocycles.